The molecule has 0 bridgehead atoms. The number of para-hydroxylation sites is 1. The van der Waals surface area contributed by atoms with Gasteiger partial charge in [-0.05, 0) is 12.1 Å². The average Bonchev–Trinajstić information content (AvgIpc) is 2.16. The van der Waals surface area contributed by atoms with Crippen LogP contribution in [-0.4, -0.2) is 106 Å². The molecule has 1 aromatic rings. The van der Waals surface area contributed by atoms with Gasteiger partial charge in [-0.3, -0.25) is 0 Å². The van der Waals surface area contributed by atoms with Gasteiger partial charge < -0.3 is 24.6 Å². The Morgan fingerprint density at radius 3 is 2.00 bits per heavy atom. The molecule has 0 fully saturated rings. The molecular formula is C12H20KNO4. The third-order valence-corrected chi connectivity index (χ3v) is 1.89. The number of benzene rings is 1. The summed E-state index contributed by atoms with van der Waals surface area (Å²) in [6, 6.07) is 5.64. The molecular weight excluding hydrogens is 261 g/mol. The van der Waals surface area contributed by atoms with E-state index in [9.17, 15) is 9.90 Å². The summed E-state index contributed by atoms with van der Waals surface area (Å²) in [7, 11) is 6.16. The van der Waals surface area contributed by atoms with E-state index in [2.05, 4.69) is 21.1 Å². The minimum absolute atomic E-state index is 0. The quantitative estimate of drug-likeness (QED) is 0.538. The van der Waals surface area contributed by atoms with Crippen LogP contribution in [0.3, 0.4) is 0 Å². The third kappa shape index (κ3) is 10.0. The van der Waals surface area contributed by atoms with Gasteiger partial charge in [-0.2, -0.15) is 0 Å². The molecule has 6 heteroatoms. The molecule has 0 aliphatic rings. The summed E-state index contributed by atoms with van der Waals surface area (Å²) in [5, 5.41) is 27.4. The van der Waals surface area contributed by atoms with Crippen molar-refractivity contribution >= 4 is 57.4 Å². The fraction of sp³-hybridized carbons (Fsp3) is 0.417. The maximum atomic E-state index is 10.2. The predicted octanol–water partition coefficient (Wildman–Crippen LogP) is -1.21. The Bertz CT molecular complexity index is 363. The van der Waals surface area contributed by atoms with Gasteiger partial charge in [0.2, 0.25) is 0 Å². The van der Waals surface area contributed by atoms with Crippen molar-refractivity contribution in [2.24, 2.45) is 0 Å². The first-order valence-corrected chi connectivity index (χ1v) is 5.18. The molecule has 0 spiro atoms. The molecule has 2 N–H and O–H groups in total. The van der Waals surface area contributed by atoms with E-state index in [0.717, 1.165) is 11.0 Å². The first kappa shape index (κ1) is 20.4. The molecule has 0 radical (unpaired) electrons. The Balaban J connectivity index is 0. The monoisotopic (exact) mass is 281 g/mol. The Morgan fingerprint density at radius 2 is 1.78 bits per heavy atom. The summed E-state index contributed by atoms with van der Waals surface area (Å²) >= 11 is 0. The molecule has 1 rings (SSSR count). The van der Waals surface area contributed by atoms with Crippen molar-refractivity contribution < 1.29 is 24.6 Å². The van der Waals surface area contributed by atoms with E-state index in [4.69, 9.17) is 10.2 Å². The van der Waals surface area contributed by atoms with Crippen molar-refractivity contribution in [3.63, 3.8) is 0 Å². The summed E-state index contributed by atoms with van der Waals surface area (Å²) in [4.78, 5) is 10.2. The Kier molecular flexibility index (Phi) is 11.2. The molecule has 5 nitrogen and oxygen atoms in total. The molecule has 0 aromatic heterocycles. The van der Waals surface area contributed by atoms with Crippen LogP contribution >= 0.6 is 0 Å². The summed E-state index contributed by atoms with van der Waals surface area (Å²) in [6.45, 7) is 1.11. The molecule has 0 unspecified atom stereocenters. The Labute approximate surface area is 150 Å². The van der Waals surface area contributed by atoms with Gasteiger partial charge in [0, 0.05) is 5.56 Å². The number of aliphatic hydroxyl groups excluding tert-OH is 1. The summed E-state index contributed by atoms with van der Waals surface area (Å²) in [5.41, 5.74) is -0.178. The number of hydrogen-bond acceptors (Lipinski definition) is 4. The van der Waals surface area contributed by atoms with Gasteiger partial charge in [-0.1, -0.05) is 12.1 Å². The van der Waals surface area contributed by atoms with E-state index in [1.165, 1.54) is 18.2 Å². The fourth-order valence-electron chi connectivity index (χ4n) is 0.946. The van der Waals surface area contributed by atoms with Crippen molar-refractivity contribution in [1.82, 2.24) is 0 Å². The van der Waals surface area contributed by atoms with Gasteiger partial charge in [0.15, 0.2) is 0 Å². The molecule has 0 aliphatic heterocycles. The van der Waals surface area contributed by atoms with E-state index in [-0.39, 0.29) is 69.3 Å². The number of aromatic hydroxyl groups is 1. The summed E-state index contributed by atoms with van der Waals surface area (Å²) in [6.07, 6.45) is 0. The number of rotatable bonds is 3. The fourth-order valence-corrected chi connectivity index (χ4v) is 0.946. The zero-order valence-corrected chi connectivity index (χ0v) is 10.4. The SMILES string of the molecule is C[N+](C)(C)CCO.O=C([O-])c1ccccc1O.[KH]. The van der Waals surface area contributed by atoms with Gasteiger partial charge in [0.05, 0.1) is 33.7 Å². The second kappa shape index (κ2) is 9.91. The minimum atomic E-state index is -1.36. The van der Waals surface area contributed by atoms with E-state index < -0.39 is 5.97 Å². The number of carboxylic acid groups (broad SMARTS) is 1. The van der Waals surface area contributed by atoms with Gasteiger partial charge >= 0.3 is 51.4 Å². The van der Waals surface area contributed by atoms with Crippen LogP contribution in [0.2, 0.25) is 0 Å². The zero-order chi connectivity index (χ0) is 13.5. The topological polar surface area (TPSA) is 80.6 Å². The van der Waals surface area contributed by atoms with E-state index >= 15 is 0 Å². The van der Waals surface area contributed by atoms with Crippen molar-refractivity contribution in [3.05, 3.63) is 29.8 Å². The number of quaternary nitrogens is 1. The first-order chi connectivity index (χ1) is 7.78. The molecule has 0 amide bonds. The standard InChI is InChI=1S/C7H6O3.C5H14NO.K.H/c8-6-4-2-1-3-5(6)7(9)10;1-6(2,3)4-5-7;;/h1-4,8H,(H,9,10);7H,4-5H2,1-3H3;;/q;+1;;/p-1. The van der Waals surface area contributed by atoms with Crippen LogP contribution in [0.4, 0.5) is 0 Å². The molecule has 98 valence electrons. The van der Waals surface area contributed by atoms with Crippen LogP contribution in [0.15, 0.2) is 24.3 Å². The summed E-state index contributed by atoms with van der Waals surface area (Å²) in [5.74, 6) is -1.62. The van der Waals surface area contributed by atoms with E-state index in [1.54, 1.807) is 6.07 Å². The van der Waals surface area contributed by atoms with Crippen molar-refractivity contribution in [3.8, 4) is 5.75 Å². The number of hydrogen-bond donors (Lipinski definition) is 2. The van der Waals surface area contributed by atoms with Crippen molar-refractivity contribution in [2.45, 2.75) is 0 Å². The molecule has 0 atom stereocenters. The number of nitrogens with zero attached hydrogens (tertiary/aromatic N) is 1. The predicted molar refractivity (Wildman–Crippen MR) is 69.6 cm³/mol. The van der Waals surface area contributed by atoms with Crippen LogP contribution < -0.4 is 5.11 Å². The molecule has 0 heterocycles. The first-order valence-electron chi connectivity index (χ1n) is 5.18. The van der Waals surface area contributed by atoms with Crippen molar-refractivity contribution in [1.29, 1.82) is 0 Å². The summed E-state index contributed by atoms with van der Waals surface area (Å²) < 4.78 is 0.844. The van der Waals surface area contributed by atoms with Crippen LogP contribution in [0.1, 0.15) is 10.4 Å². The Morgan fingerprint density at radius 1 is 1.28 bits per heavy atom. The van der Waals surface area contributed by atoms with Crippen LogP contribution in [-0.2, 0) is 0 Å². The zero-order valence-electron chi connectivity index (χ0n) is 10.4. The average molecular weight is 281 g/mol. The molecule has 0 aliphatic carbocycles. The van der Waals surface area contributed by atoms with Gasteiger partial charge in [-0.15, -0.1) is 0 Å². The van der Waals surface area contributed by atoms with Crippen LogP contribution in [0, 0.1) is 0 Å². The van der Waals surface area contributed by atoms with E-state index in [0.29, 0.717) is 0 Å². The Hall–Kier alpha value is 0.0464. The van der Waals surface area contributed by atoms with Crippen LogP contribution in [0.5, 0.6) is 5.75 Å². The maximum absolute atomic E-state index is 10.2. The van der Waals surface area contributed by atoms with Gasteiger partial charge in [0.25, 0.3) is 0 Å². The molecule has 0 saturated carbocycles. The number of aliphatic hydroxyl groups is 1. The number of phenols is 1. The molecule has 1 aromatic carbocycles. The van der Waals surface area contributed by atoms with Crippen LogP contribution in [0.25, 0.3) is 0 Å². The van der Waals surface area contributed by atoms with Gasteiger partial charge in [-0.25, -0.2) is 0 Å². The second-order valence-electron chi connectivity index (χ2n) is 4.54. The third-order valence-electron chi connectivity index (χ3n) is 1.89. The number of carboxylic acids is 1. The number of likely N-dealkylation sites (N-methyl/N-ethyl adjacent to an activating group) is 1. The number of carbonyl (C=O) groups is 1. The van der Waals surface area contributed by atoms with E-state index in [1.807, 2.05) is 0 Å². The van der Waals surface area contributed by atoms with Gasteiger partial charge in [0.1, 0.15) is 12.3 Å². The van der Waals surface area contributed by atoms with Crippen molar-refractivity contribution in [2.75, 3.05) is 34.3 Å². The molecule has 0 saturated heterocycles. The normalized spacial score (nSPS) is 9.78. The number of aromatic carboxylic acids is 1. The molecule has 18 heavy (non-hydrogen) atoms. The number of carbonyl (C=O) groups excluding carboxylic acids is 1. The second-order valence-corrected chi connectivity index (χ2v) is 4.54.